The summed E-state index contributed by atoms with van der Waals surface area (Å²) in [5.41, 5.74) is 6.82. The van der Waals surface area contributed by atoms with Crippen molar-refractivity contribution in [2.75, 3.05) is 11.5 Å². The molecule has 33 heavy (non-hydrogen) atoms. The minimum atomic E-state index is -0.0879. The van der Waals surface area contributed by atoms with Gasteiger partial charge >= 0.3 is 5.95 Å². The van der Waals surface area contributed by atoms with E-state index < -0.39 is 0 Å². The smallest absolute Gasteiger partial charge is 0.331 e. The number of ether oxygens (including phenoxy) is 1. The molecule has 0 unspecified atom stereocenters. The van der Waals surface area contributed by atoms with Gasteiger partial charge in [0, 0.05) is 36.3 Å². The summed E-state index contributed by atoms with van der Waals surface area (Å²) in [6.45, 7) is 4.61. The molecule has 0 radical (unpaired) electrons. The predicted molar refractivity (Wildman–Crippen MR) is 126 cm³/mol. The number of quaternary nitrogens is 1. The molecule has 0 spiro atoms. The van der Waals surface area contributed by atoms with Gasteiger partial charge in [0.25, 0.3) is 5.91 Å². The van der Waals surface area contributed by atoms with Crippen LogP contribution in [0.25, 0.3) is 11.3 Å². The summed E-state index contributed by atoms with van der Waals surface area (Å²) in [6, 6.07) is 17.9. The standard InChI is InChI=1S/C26H23N5O2/c1-17-10-18(2)12-21(11-17)29-26-28-9-7-22(30-26)20-5-6-24-23(13-20)31(25(32)16-33-24)15-19-4-3-8-27-14-19/h3-14H,15-16H2,1-2H3,(H,28,29,30)/p+1. The summed E-state index contributed by atoms with van der Waals surface area (Å²) in [5, 5.41) is 1.98. The summed E-state index contributed by atoms with van der Waals surface area (Å²) in [4.78, 5) is 27.8. The highest BCUT2D eigenvalue weighted by Gasteiger charge is 2.26. The number of carbonyl (C=O) groups excluding carboxylic acids is 1. The van der Waals surface area contributed by atoms with E-state index in [1.165, 1.54) is 11.1 Å². The molecule has 3 heterocycles. The topological polar surface area (TPSA) is 84.8 Å². The minimum Gasteiger partial charge on any atom is -0.482 e. The number of anilines is 1. The first-order valence-corrected chi connectivity index (χ1v) is 10.8. The summed E-state index contributed by atoms with van der Waals surface area (Å²) in [6.07, 6.45) is 5.25. The molecular weight excluding hydrogens is 414 g/mol. The van der Waals surface area contributed by atoms with E-state index in [2.05, 4.69) is 42.0 Å². The second-order valence-electron chi connectivity index (χ2n) is 8.18. The predicted octanol–water partition coefficient (Wildman–Crippen LogP) is 3.61. The van der Waals surface area contributed by atoms with Crippen LogP contribution in [0.1, 0.15) is 16.7 Å². The SMILES string of the molecule is Cc1cc(C)cc([NH2+]c2nccc(-c3ccc4c(c3)N(Cc3cccnc3)C(=O)CO4)n2)c1. The fourth-order valence-corrected chi connectivity index (χ4v) is 4.06. The fraction of sp³-hybridized carbons (Fsp3) is 0.154. The van der Waals surface area contributed by atoms with Gasteiger partial charge in [-0.15, -0.1) is 0 Å². The van der Waals surface area contributed by atoms with E-state index in [0.717, 1.165) is 28.2 Å². The average Bonchev–Trinajstić information content (AvgIpc) is 2.81. The van der Waals surface area contributed by atoms with E-state index in [1.807, 2.05) is 41.7 Å². The number of benzene rings is 2. The van der Waals surface area contributed by atoms with Gasteiger partial charge in [-0.3, -0.25) is 9.78 Å². The summed E-state index contributed by atoms with van der Waals surface area (Å²) in [5.74, 6) is 1.23. The monoisotopic (exact) mass is 438 g/mol. The third-order valence-electron chi connectivity index (χ3n) is 5.48. The molecule has 5 rings (SSSR count). The number of rotatable bonds is 5. The summed E-state index contributed by atoms with van der Waals surface area (Å²) < 4.78 is 5.67. The van der Waals surface area contributed by atoms with Gasteiger partial charge in [0.1, 0.15) is 11.4 Å². The molecule has 0 atom stereocenters. The molecule has 4 aromatic rings. The molecule has 1 aliphatic rings. The Labute approximate surface area is 192 Å². The van der Waals surface area contributed by atoms with Gasteiger partial charge in [-0.25, -0.2) is 5.32 Å². The first kappa shape index (κ1) is 20.8. The Bertz CT molecular complexity index is 1300. The number of carbonyl (C=O) groups is 1. The molecule has 2 N–H and O–H groups in total. The minimum absolute atomic E-state index is 0.0229. The number of hydrogen-bond donors (Lipinski definition) is 1. The van der Waals surface area contributed by atoms with Crippen LogP contribution < -0.4 is 15.0 Å². The van der Waals surface area contributed by atoms with Crippen LogP contribution in [0.2, 0.25) is 0 Å². The number of hydrogen-bond acceptors (Lipinski definition) is 5. The molecule has 7 heteroatoms. The van der Waals surface area contributed by atoms with Crippen LogP contribution in [0.4, 0.5) is 17.3 Å². The fourth-order valence-electron chi connectivity index (χ4n) is 4.06. The van der Waals surface area contributed by atoms with Crippen molar-refractivity contribution in [3.63, 3.8) is 0 Å². The van der Waals surface area contributed by atoms with E-state index in [4.69, 9.17) is 9.72 Å². The summed E-state index contributed by atoms with van der Waals surface area (Å²) >= 11 is 0. The lowest BCUT2D eigenvalue weighted by molar-refractivity contribution is -0.487. The van der Waals surface area contributed by atoms with Gasteiger partial charge in [-0.1, -0.05) is 12.1 Å². The second-order valence-corrected chi connectivity index (χ2v) is 8.18. The van der Waals surface area contributed by atoms with Crippen molar-refractivity contribution < 1.29 is 14.8 Å². The van der Waals surface area contributed by atoms with Gasteiger partial charge < -0.3 is 9.64 Å². The van der Waals surface area contributed by atoms with E-state index in [-0.39, 0.29) is 12.5 Å². The Balaban J connectivity index is 1.46. The Morgan fingerprint density at radius 1 is 1.03 bits per heavy atom. The molecule has 0 aliphatic carbocycles. The third kappa shape index (κ3) is 4.58. The lowest BCUT2D eigenvalue weighted by Crippen LogP contribution is -2.72. The van der Waals surface area contributed by atoms with Crippen molar-refractivity contribution in [1.29, 1.82) is 0 Å². The summed E-state index contributed by atoms with van der Waals surface area (Å²) in [7, 11) is 0. The molecule has 1 aliphatic heterocycles. The maximum atomic E-state index is 12.7. The van der Waals surface area contributed by atoms with E-state index in [1.54, 1.807) is 23.5 Å². The number of nitrogens with zero attached hydrogens (tertiary/aromatic N) is 4. The van der Waals surface area contributed by atoms with E-state index >= 15 is 0 Å². The number of aryl methyl sites for hydroxylation is 2. The first-order valence-electron chi connectivity index (χ1n) is 10.8. The number of pyridine rings is 1. The molecule has 2 aromatic carbocycles. The number of fused-ring (bicyclic) bond motifs is 1. The molecule has 0 saturated carbocycles. The van der Waals surface area contributed by atoms with Crippen molar-refractivity contribution in [2.45, 2.75) is 20.4 Å². The molecule has 0 saturated heterocycles. The highest BCUT2D eigenvalue weighted by Crippen LogP contribution is 2.36. The molecule has 1 amide bonds. The van der Waals surface area contributed by atoms with E-state index in [0.29, 0.717) is 18.2 Å². The quantitative estimate of drug-likeness (QED) is 0.481. The largest absolute Gasteiger partial charge is 0.482 e. The normalized spacial score (nSPS) is 12.9. The Morgan fingerprint density at radius 2 is 1.88 bits per heavy atom. The number of amides is 1. The average molecular weight is 439 g/mol. The maximum Gasteiger partial charge on any atom is 0.331 e. The molecule has 7 nitrogen and oxygen atoms in total. The van der Waals surface area contributed by atoms with Crippen LogP contribution in [-0.2, 0) is 11.3 Å². The van der Waals surface area contributed by atoms with Crippen LogP contribution in [0.5, 0.6) is 5.75 Å². The molecular formula is C26H24N5O2+. The van der Waals surface area contributed by atoms with Crippen molar-refractivity contribution in [3.05, 3.63) is 89.9 Å². The Kier molecular flexibility index (Phi) is 5.54. The van der Waals surface area contributed by atoms with Gasteiger partial charge in [0.05, 0.1) is 17.9 Å². The van der Waals surface area contributed by atoms with Gasteiger partial charge in [0.15, 0.2) is 6.61 Å². The van der Waals surface area contributed by atoms with Crippen LogP contribution in [0, 0.1) is 13.8 Å². The highest BCUT2D eigenvalue weighted by atomic mass is 16.5. The van der Waals surface area contributed by atoms with Gasteiger partial charge in [0.2, 0.25) is 0 Å². The Hall–Kier alpha value is -4.10. The third-order valence-corrected chi connectivity index (χ3v) is 5.48. The molecule has 164 valence electrons. The van der Waals surface area contributed by atoms with Crippen molar-refractivity contribution >= 4 is 23.2 Å². The molecule has 0 fully saturated rings. The first-order chi connectivity index (χ1) is 16.0. The van der Waals surface area contributed by atoms with Crippen molar-refractivity contribution in [3.8, 4) is 17.0 Å². The molecule has 0 bridgehead atoms. The number of nitrogens with two attached hydrogens (primary N) is 1. The second kappa shape index (κ2) is 8.80. The highest BCUT2D eigenvalue weighted by molar-refractivity contribution is 5.98. The Morgan fingerprint density at radius 3 is 2.67 bits per heavy atom. The van der Waals surface area contributed by atoms with Crippen LogP contribution >= 0.6 is 0 Å². The number of aromatic nitrogens is 3. The van der Waals surface area contributed by atoms with Crippen LogP contribution in [-0.4, -0.2) is 27.5 Å². The lowest BCUT2D eigenvalue weighted by Gasteiger charge is -2.29. The zero-order valence-electron chi connectivity index (χ0n) is 18.5. The zero-order valence-corrected chi connectivity index (χ0v) is 18.5. The maximum absolute atomic E-state index is 12.7. The van der Waals surface area contributed by atoms with Crippen molar-refractivity contribution in [2.24, 2.45) is 0 Å². The van der Waals surface area contributed by atoms with Gasteiger partial charge in [-0.05, 0) is 60.9 Å². The zero-order chi connectivity index (χ0) is 22.8. The lowest BCUT2D eigenvalue weighted by atomic mass is 10.1. The van der Waals surface area contributed by atoms with Gasteiger partial charge in [-0.2, -0.15) is 9.97 Å². The van der Waals surface area contributed by atoms with E-state index in [9.17, 15) is 4.79 Å². The van der Waals surface area contributed by atoms with Crippen LogP contribution in [0.3, 0.4) is 0 Å². The molecule has 2 aromatic heterocycles. The van der Waals surface area contributed by atoms with Crippen molar-refractivity contribution in [1.82, 2.24) is 15.0 Å². The van der Waals surface area contributed by atoms with Crippen LogP contribution in [0.15, 0.2) is 73.2 Å².